The highest BCUT2D eigenvalue weighted by Gasteiger charge is 2.27. The zero-order valence-corrected chi connectivity index (χ0v) is 20.0. The molecular weight excluding hydrogens is 495 g/mol. The predicted molar refractivity (Wildman–Crippen MR) is 127 cm³/mol. The fourth-order valence-electron chi connectivity index (χ4n) is 2.88. The molecule has 10 heteroatoms. The lowest BCUT2D eigenvalue weighted by atomic mass is 10.2. The van der Waals surface area contributed by atoms with E-state index < -0.39 is 22.5 Å². The Labute approximate surface area is 201 Å². The highest BCUT2D eigenvalue weighted by atomic mass is 35.5. The van der Waals surface area contributed by atoms with Crippen LogP contribution in [-0.2, 0) is 21.4 Å². The van der Waals surface area contributed by atoms with E-state index in [4.69, 9.17) is 39.5 Å². The first-order valence-corrected chi connectivity index (χ1v) is 11.9. The number of hydrogen-bond donors (Lipinski definition) is 1. The number of anilines is 1. The molecule has 0 fully saturated rings. The van der Waals surface area contributed by atoms with Crippen LogP contribution in [0.3, 0.4) is 0 Å². The molecule has 3 aromatic carbocycles. The van der Waals surface area contributed by atoms with Crippen LogP contribution in [0.1, 0.15) is 5.56 Å². The summed E-state index contributed by atoms with van der Waals surface area (Å²) in [6.07, 6.45) is 0. The van der Waals surface area contributed by atoms with Crippen molar-refractivity contribution in [3.8, 4) is 5.75 Å². The third-order valence-corrected chi connectivity index (χ3v) is 7.13. The van der Waals surface area contributed by atoms with Crippen molar-refractivity contribution < 1.29 is 17.9 Å². The number of sulfonamides is 1. The van der Waals surface area contributed by atoms with Gasteiger partial charge in [-0.1, -0.05) is 46.9 Å². The van der Waals surface area contributed by atoms with E-state index in [0.29, 0.717) is 32.1 Å². The van der Waals surface area contributed by atoms with Gasteiger partial charge in [0.15, 0.2) is 0 Å². The number of halogens is 3. The van der Waals surface area contributed by atoms with Gasteiger partial charge in [-0.15, -0.1) is 0 Å². The maximum Gasteiger partial charge on any atom is 0.243 e. The molecule has 0 bridgehead atoms. The average molecular weight is 514 g/mol. The number of rotatable bonds is 8. The summed E-state index contributed by atoms with van der Waals surface area (Å²) in [6.45, 7) is -0.576. The Balaban J connectivity index is 1.90. The fraction of sp³-hybridized carbons (Fsp3) is 0.136. The Hall–Kier alpha value is -2.29. The number of nitrogens with one attached hydrogen (secondary N) is 1. The van der Waals surface area contributed by atoms with E-state index in [0.717, 1.165) is 4.31 Å². The molecule has 0 aliphatic heterocycles. The van der Waals surface area contributed by atoms with Gasteiger partial charge in [-0.25, -0.2) is 8.42 Å². The summed E-state index contributed by atoms with van der Waals surface area (Å²) in [4.78, 5) is 12.8. The number of methoxy groups -OCH3 is 1. The molecule has 0 saturated carbocycles. The van der Waals surface area contributed by atoms with E-state index in [9.17, 15) is 13.2 Å². The molecule has 0 aliphatic rings. The number of carbonyl (C=O) groups is 1. The zero-order chi connectivity index (χ0) is 23.3. The van der Waals surface area contributed by atoms with Crippen molar-refractivity contribution in [1.29, 1.82) is 0 Å². The van der Waals surface area contributed by atoms with E-state index in [1.165, 1.54) is 37.4 Å². The number of nitrogens with zero attached hydrogens (tertiary/aromatic N) is 1. The molecule has 0 spiro atoms. The normalized spacial score (nSPS) is 11.4. The zero-order valence-electron chi connectivity index (χ0n) is 16.9. The van der Waals surface area contributed by atoms with Crippen molar-refractivity contribution in [3.63, 3.8) is 0 Å². The Morgan fingerprint density at radius 1 is 0.969 bits per heavy atom. The second-order valence-electron chi connectivity index (χ2n) is 6.74. The average Bonchev–Trinajstić information content (AvgIpc) is 2.75. The van der Waals surface area contributed by atoms with Crippen molar-refractivity contribution in [2.75, 3.05) is 19.0 Å². The minimum Gasteiger partial charge on any atom is -0.497 e. The minimum absolute atomic E-state index is 0.00108. The summed E-state index contributed by atoms with van der Waals surface area (Å²) in [5.74, 6) is 0.0299. The predicted octanol–water partition coefficient (Wildman–Crippen LogP) is 5.49. The number of ether oxygens (including phenoxy) is 1. The van der Waals surface area contributed by atoms with Crippen LogP contribution in [0.5, 0.6) is 5.75 Å². The SMILES string of the molecule is COc1cccc(NC(=O)CN(Cc2ccc(Cl)cc2Cl)S(=O)(=O)c2ccc(Cl)cc2)c1. The lowest BCUT2D eigenvalue weighted by molar-refractivity contribution is -0.116. The topological polar surface area (TPSA) is 75.7 Å². The first-order chi connectivity index (χ1) is 15.2. The molecule has 0 heterocycles. The van der Waals surface area contributed by atoms with Gasteiger partial charge in [0.1, 0.15) is 5.75 Å². The second-order valence-corrected chi connectivity index (χ2v) is 9.96. The van der Waals surface area contributed by atoms with Crippen LogP contribution in [0.2, 0.25) is 15.1 Å². The van der Waals surface area contributed by atoms with Gasteiger partial charge in [0, 0.05) is 33.4 Å². The van der Waals surface area contributed by atoms with Gasteiger partial charge >= 0.3 is 0 Å². The molecule has 3 rings (SSSR count). The number of amides is 1. The number of hydrogen-bond acceptors (Lipinski definition) is 4. The smallest absolute Gasteiger partial charge is 0.243 e. The van der Waals surface area contributed by atoms with Crippen LogP contribution in [0.25, 0.3) is 0 Å². The highest BCUT2D eigenvalue weighted by molar-refractivity contribution is 7.89. The van der Waals surface area contributed by atoms with E-state index in [2.05, 4.69) is 5.32 Å². The van der Waals surface area contributed by atoms with Gasteiger partial charge in [-0.3, -0.25) is 4.79 Å². The van der Waals surface area contributed by atoms with E-state index in [1.54, 1.807) is 36.4 Å². The largest absolute Gasteiger partial charge is 0.497 e. The highest BCUT2D eigenvalue weighted by Crippen LogP contribution is 2.26. The van der Waals surface area contributed by atoms with Gasteiger partial charge < -0.3 is 10.1 Å². The molecule has 32 heavy (non-hydrogen) atoms. The lowest BCUT2D eigenvalue weighted by Crippen LogP contribution is -2.37. The first-order valence-electron chi connectivity index (χ1n) is 9.32. The summed E-state index contributed by atoms with van der Waals surface area (Å²) in [5, 5.41) is 3.80. The third-order valence-electron chi connectivity index (χ3n) is 4.49. The fourth-order valence-corrected chi connectivity index (χ4v) is 4.85. The summed E-state index contributed by atoms with van der Waals surface area (Å²) < 4.78 is 32.8. The van der Waals surface area contributed by atoms with Crippen molar-refractivity contribution in [1.82, 2.24) is 4.31 Å². The standard InChI is InChI=1S/C22H19Cl3N2O4S/c1-31-19-4-2-3-18(12-19)26-22(28)14-27(13-15-5-6-17(24)11-21(15)25)32(29,30)20-9-7-16(23)8-10-20/h2-12H,13-14H2,1H3,(H,26,28). The molecule has 3 aromatic rings. The molecule has 0 atom stereocenters. The summed E-state index contributed by atoms with van der Waals surface area (Å²) in [5.41, 5.74) is 0.977. The number of carbonyl (C=O) groups excluding carboxylic acids is 1. The Bertz CT molecular complexity index is 1220. The Kier molecular flexibility index (Phi) is 8.03. The van der Waals surface area contributed by atoms with Crippen LogP contribution in [-0.4, -0.2) is 32.3 Å². The quantitative estimate of drug-likeness (QED) is 0.432. The van der Waals surface area contributed by atoms with Gasteiger partial charge in [0.25, 0.3) is 0 Å². The van der Waals surface area contributed by atoms with Crippen LogP contribution in [0.4, 0.5) is 5.69 Å². The van der Waals surface area contributed by atoms with Crippen LogP contribution in [0.15, 0.2) is 71.6 Å². The van der Waals surface area contributed by atoms with Crippen LogP contribution in [0, 0.1) is 0 Å². The van der Waals surface area contributed by atoms with Crippen LogP contribution < -0.4 is 10.1 Å². The van der Waals surface area contributed by atoms with Crippen molar-refractivity contribution >= 4 is 56.4 Å². The molecule has 0 aliphatic carbocycles. The molecule has 0 aromatic heterocycles. The summed E-state index contributed by atoms with van der Waals surface area (Å²) in [6, 6.07) is 17.2. The lowest BCUT2D eigenvalue weighted by Gasteiger charge is -2.22. The third kappa shape index (κ3) is 6.15. The van der Waals surface area contributed by atoms with Crippen molar-refractivity contribution in [3.05, 3.63) is 87.4 Å². The molecule has 6 nitrogen and oxygen atoms in total. The van der Waals surface area contributed by atoms with Gasteiger partial charge in [0.2, 0.25) is 15.9 Å². The maximum atomic E-state index is 13.3. The van der Waals surface area contributed by atoms with Crippen molar-refractivity contribution in [2.24, 2.45) is 0 Å². The second kappa shape index (κ2) is 10.6. The number of benzene rings is 3. The molecule has 1 amide bonds. The molecule has 168 valence electrons. The molecule has 0 radical (unpaired) electrons. The van der Waals surface area contributed by atoms with Crippen molar-refractivity contribution in [2.45, 2.75) is 11.4 Å². The molecule has 0 unspecified atom stereocenters. The monoisotopic (exact) mass is 512 g/mol. The Morgan fingerprint density at radius 3 is 2.31 bits per heavy atom. The summed E-state index contributed by atoms with van der Waals surface area (Å²) in [7, 11) is -2.53. The van der Waals surface area contributed by atoms with Crippen LogP contribution >= 0.6 is 34.8 Å². The Morgan fingerprint density at radius 2 is 1.66 bits per heavy atom. The van der Waals surface area contributed by atoms with E-state index >= 15 is 0 Å². The van der Waals surface area contributed by atoms with Gasteiger partial charge in [-0.05, 0) is 54.1 Å². The summed E-state index contributed by atoms with van der Waals surface area (Å²) >= 11 is 18.1. The van der Waals surface area contributed by atoms with E-state index in [1.807, 2.05) is 0 Å². The minimum atomic E-state index is -4.05. The van der Waals surface area contributed by atoms with Gasteiger partial charge in [-0.2, -0.15) is 4.31 Å². The van der Waals surface area contributed by atoms with Gasteiger partial charge in [0.05, 0.1) is 18.6 Å². The van der Waals surface area contributed by atoms with E-state index in [-0.39, 0.29) is 11.4 Å². The first kappa shape index (κ1) is 24.4. The molecular formula is C22H19Cl3N2O4S. The molecule has 0 saturated heterocycles. The molecule has 1 N–H and O–H groups in total. The maximum absolute atomic E-state index is 13.3.